The Hall–Kier alpha value is -1.87. The number of guanidine groups is 1. The molecule has 12 unspecified atom stereocenters. The lowest BCUT2D eigenvalue weighted by molar-refractivity contribution is -0.699. The van der Waals surface area contributed by atoms with Gasteiger partial charge < -0.3 is 55.3 Å². The number of Topliss-reactive ketones (excluding diaryl/α,β-unsaturated/α-hetero) is 2. The summed E-state index contributed by atoms with van der Waals surface area (Å²) in [6.45, 7) is 1.36. The number of carbonyl (C=O) groups is 2. The molecule has 0 aromatic carbocycles. The molecule has 5 aliphatic rings. The van der Waals surface area contributed by atoms with E-state index in [1.807, 2.05) is 12.2 Å². The fourth-order valence-corrected chi connectivity index (χ4v) is 10.4. The number of rotatable bonds is 12. The summed E-state index contributed by atoms with van der Waals surface area (Å²) < 4.78 is 18.0. The molecule has 17 nitrogen and oxygen atoms in total. The molecule has 18 atom stereocenters. The number of nitrogens with one attached hydrogen (secondary N) is 2. The van der Waals surface area contributed by atoms with E-state index in [-0.39, 0.29) is 62.0 Å². The molecule has 52 heavy (non-hydrogen) atoms. The minimum absolute atomic E-state index is 0.00721. The molecule has 2 aliphatic heterocycles. The van der Waals surface area contributed by atoms with E-state index in [4.69, 9.17) is 25.7 Å². The number of methoxy groups -OCH3 is 1. The number of aliphatic hydroxyl groups is 7. The zero-order valence-corrected chi connectivity index (χ0v) is 30.5. The Kier molecular flexibility index (Phi) is 13.7. The Morgan fingerprint density at radius 1 is 1.06 bits per heavy atom. The monoisotopic (exact) mass is 745 g/mol. The van der Waals surface area contributed by atoms with Gasteiger partial charge >= 0.3 is 5.96 Å². The first-order valence-corrected chi connectivity index (χ1v) is 18.9. The number of fused-ring (bicyclic) bond motifs is 2. The summed E-state index contributed by atoms with van der Waals surface area (Å²) >= 11 is 0. The first kappa shape index (κ1) is 41.3. The molecule has 0 aromatic rings. The standard InChI is InChI=1S/C35H61N5O12/c1-15-10-17-26(29(45)24(15)19(6-9-41)40-34(37)38-2)30(46)27-21(12-20(50-3)18(13-42)25(27)28(17)44)51-33-31(47)32(48)35(49,22(14-43)52-33)7-4-16-5-8-39-23(36)11-16/h15-27,29,31-33,39,41-43,45,47-49H,4-14,36H2,1-3H3,(H3,37,38,40)/p+2/t15?,16?,17?,18?,19-,20?,21?,22+,23?,24?,25?,26?,27?,29?,31+,32+,33-,35+/m0/s1. The number of ether oxygens (including phenoxy) is 3. The van der Waals surface area contributed by atoms with E-state index in [1.165, 1.54) is 7.11 Å². The number of piperidine rings is 1. The van der Waals surface area contributed by atoms with Crippen LogP contribution in [0.25, 0.3) is 0 Å². The van der Waals surface area contributed by atoms with Gasteiger partial charge in [0.05, 0.1) is 56.4 Å². The Bertz CT molecular complexity index is 1260. The summed E-state index contributed by atoms with van der Waals surface area (Å²) in [7, 11) is 3.05. The molecule has 0 amide bonds. The molecule has 298 valence electrons. The molecule has 17 heteroatoms. The molecule has 0 bridgehead atoms. The third kappa shape index (κ3) is 7.79. The lowest BCUT2D eigenvalue weighted by atomic mass is 9.51. The third-order valence-corrected chi connectivity index (χ3v) is 13.1. The van der Waals surface area contributed by atoms with Crippen molar-refractivity contribution in [3.63, 3.8) is 0 Å². The molecule has 5 fully saturated rings. The van der Waals surface area contributed by atoms with Gasteiger partial charge in [0.2, 0.25) is 0 Å². The van der Waals surface area contributed by atoms with Crippen LogP contribution in [-0.4, -0.2) is 155 Å². The van der Waals surface area contributed by atoms with Gasteiger partial charge in [0.15, 0.2) is 6.29 Å². The van der Waals surface area contributed by atoms with Crippen molar-refractivity contribution in [1.29, 1.82) is 0 Å². The average Bonchev–Trinajstić information content (AvgIpc) is 3.12. The van der Waals surface area contributed by atoms with Crippen LogP contribution in [-0.2, 0) is 23.8 Å². The van der Waals surface area contributed by atoms with Crippen molar-refractivity contribution in [2.45, 2.75) is 113 Å². The fraction of sp³-hybridized carbons (Fsp3) is 0.914. The number of nitrogens with two attached hydrogens (primary N) is 3. The second-order valence-corrected chi connectivity index (χ2v) is 15.9. The second-order valence-electron chi connectivity index (χ2n) is 15.9. The van der Waals surface area contributed by atoms with E-state index in [9.17, 15) is 45.3 Å². The van der Waals surface area contributed by atoms with Crippen LogP contribution in [0.15, 0.2) is 0 Å². The molecule has 0 radical (unpaired) electrons. The number of carbonyl (C=O) groups excluding carboxylic acids is 2. The highest BCUT2D eigenvalue weighted by Crippen LogP contribution is 2.53. The van der Waals surface area contributed by atoms with Crippen molar-refractivity contribution in [3.05, 3.63) is 0 Å². The second kappa shape index (κ2) is 17.3. The van der Waals surface area contributed by atoms with Crippen LogP contribution < -0.4 is 27.1 Å². The fourth-order valence-electron chi connectivity index (χ4n) is 10.4. The maximum absolute atomic E-state index is 14.7. The molecule has 2 heterocycles. The van der Waals surface area contributed by atoms with Crippen molar-refractivity contribution in [2.75, 3.05) is 40.5 Å². The summed E-state index contributed by atoms with van der Waals surface area (Å²) in [5.41, 5.74) is 10.1. The molecule has 2 saturated heterocycles. The normalized spacial score (nSPS) is 46.3. The van der Waals surface area contributed by atoms with Crippen molar-refractivity contribution in [1.82, 2.24) is 5.32 Å². The smallest absolute Gasteiger partial charge is 0.341 e. The van der Waals surface area contributed by atoms with E-state index < -0.39 is 109 Å². The summed E-state index contributed by atoms with van der Waals surface area (Å²) in [6, 6.07) is -0.528. The minimum Gasteiger partial charge on any atom is -0.396 e. The molecule has 0 aromatic heterocycles. The van der Waals surface area contributed by atoms with Crippen molar-refractivity contribution in [2.24, 2.45) is 58.8 Å². The molecular weight excluding hydrogens is 682 g/mol. The van der Waals surface area contributed by atoms with E-state index in [0.29, 0.717) is 6.42 Å². The number of hydrogen-bond donors (Lipinski definition) is 12. The zero-order valence-electron chi connectivity index (χ0n) is 30.5. The van der Waals surface area contributed by atoms with Gasteiger partial charge in [0, 0.05) is 63.3 Å². The Morgan fingerprint density at radius 2 is 1.79 bits per heavy atom. The molecule has 3 aliphatic carbocycles. The van der Waals surface area contributed by atoms with Gasteiger partial charge in [-0.05, 0) is 37.5 Å². The van der Waals surface area contributed by atoms with Gasteiger partial charge in [-0.3, -0.25) is 31.4 Å². The summed E-state index contributed by atoms with van der Waals surface area (Å²) in [6.07, 6.45) is -7.17. The van der Waals surface area contributed by atoms with Crippen LogP contribution in [0.4, 0.5) is 0 Å². The molecule has 5 rings (SSSR count). The van der Waals surface area contributed by atoms with E-state index in [2.05, 4.69) is 10.3 Å². The topological polar surface area (TPSA) is 298 Å². The number of aliphatic hydroxyl groups excluding tert-OH is 6. The van der Waals surface area contributed by atoms with Gasteiger partial charge in [0.1, 0.15) is 41.6 Å². The van der Waals surface area contributed by atoms with Crippen LogP contribution in [0.3, 0.4) is 0 Å². The minimum atomic E-state index is -2.01. The zero-order chi connectivity index (χ0) is 38.1. The maximum Gasteiger partial charge on any atom is 0.341 e. The first-order valence-electron chi connectivity index (χ1n) is 18.9. The first-order chi connectivity index (χ1) is 24.8. The summed E-state index contributed by atoms with van der Waals surface area (Å²) in [5, 5.41) is 82.2. The maximum atomic E-state index is 14.7. The van der Waals surface area contributed by atoms with Crippen LogP contribution in [0.2, 0.25) is 0 Å². The van der Waals surface area contributed by atoms with Crippen LogP contribution >= 0.6 is 0 Å². The van der Waals surface area contributed by atoms with E-state index in [0.717, 1.165) is 19.4 Å². The van der Waals surface area contributed by atoms with Gasteiger partial charge in [-0.25, -0.2) is 0 Å². The largest absolute Gasteiger partial charge is 0.396 e. The van der Waals surface area contributed by atoms with Crippen LogP contribution in [0, 0.1) is 47.3 Å². The SMILES string of the molecule is C[NH+]=C(N)N[C@@H](CCO)C1C(C)CC2C(=O)C3C(CO)C(OC)CC(O[C@H]4O[C@H](CO)[C@](O)(CCC5CC[NH2+]C(N)C5)[C@H](O)[C@H]4O)C3C(=O)C2C1O. The van der Waals surface area contributed by atoms with Crippen LogP contribution in [0.5, 0.6) is 0 Å². The number of quaternary nitrogens is 1. The third-order valence-electron chi connectivity index (χ3n) is 13.1. The Balaban J connectivity index is 1.41. The quantitative estimate of drug-likeness (QED) is 0.0653. The lowest BCUT2D eigenvalue weighted by Gasteiger charge is -2.55. The summed E-state index contributed by atoms with van der Waals surface area (Å²) in [5.74, 6) is -6.08. The van der Waals surface area contributed by atoms with E-state index >= 15 is 0 Å². The predicted octanol–water partition coefficient (Wildman–Crippen LogP) is -6.39. The van der Waals surface area contributed by atoms with Crippen molar-refractivity contribution in [3.8, 4) is 0 Å². The highest BCUT2D eigenvalue weighted by atomic mass is 16.7. The molecular formula is C35H63N5O12+2. The summed E-state index contributed by atoms with van der Waals surface area (Å²) in [4.78, 5) is 32.0. The highest BCUT2D eigenvalue weighted by Gasteiger charge is 2.64. The number of hydrogen-bond acceptors (Lipinski definition) is 13. The van der Waals surface area contributed by atoms with Gasteiger partial charge in [-0.1, -0.05) is 6.92 Å². The molecule has 0 spiro atoms. The van der Waals surface area contributed by atoms with Gasteiger partial charge in [-0.15, -0.1) is 0 Å². The van der Waals surface area contributed by atoms with Gasteiger partial charge in [-0.2, -0.15) is 0 Å². The number of ketones is 2. The van der Waals surface area contributed by atoms with E-state index in [1.54, 1.807) is 7.05 Å². The highest BCUT2D eigenvalue weighted by molar-refractivity contribution is 6.01. The predicted molar refractivity (Wildman–Crippen MR) is 182 cm³/mol. The lowest BCUT2D eigenvalue weighted by Crippen LogP contribution is -2.94. The Labute approximate surface area is 304 Å². The molecule has 15 N–H and O–H groups in total. The van der Waals surface area contributed by atoms with Crippen LogP contribution in [0.1, 0.15) is 51.9 Å². The van der Waals surface area contributed by atoms with Gasteiger partial charge in [0.25, 0.3) is 0 Å². The van der Waals surface area contributed by atoms with Crippen molar-refractivity contribution >= 4 is 17.5 Å². The Morgan fingerprint density at radius 3 is 2.40 bits per heavy atom. The van der Waals surface area contributed by atoms with Crippen molar-refractivity contribution < 1.29 is 69.9 Å². The molecule has 3 saturated carbocycles. The average molecular weight is 746 g/mol.